The third kappa shape index (κ3) is 3.02. The third-order valence-corrected chi connectivity index (χ3v) is 4.42. The number of urea groups is 1. The fourth-order valence-electron chi connectivity index (χ4n) is 3.01. The number of carbonyl (C=O) groups excluding carboxylic acids is 1. The molecule has 118 valence electrons. The van der Waals surface area contributed by atoms with E-state index in [1.165, 1.54) is 0 Å². The predicted octanol–water partition coefficient (Wildman–Crippen LogP) is 1.40. The van der Waals surface area contributed by atoms with Gasteiger partial charge >= 0.3 is 6.03 Å². The van der Waals surface area contributed by atoms with Crippen LogP contribution in [0.2, 0.25) is 0 Å². The molecule has 2 aliphatic rings. The SMILES string of the molecule is CC(C)(C#Cc1ccc(C#N)cc1)N1C[C@@H]2CNCCN2C1=O. The van der Waals surface area contributed by atoms with E-state index < -0.39 is 5.54 Å². The van der Waals surface area contributed by atoms with Crippen molar-refractivity contribution in [1.29, 1.82) is 5.26 Å². The van der Waals surface area contributed by atoms with E-state index >= 15 is 0 Å². The first-order chi connectivity index (χ1) is 11.0. The molecule has 2 fully saturated rings. The molecule has 0 radical (unpaired) electrons. The fraction of sp³-hybridized carbons (Fsp3) is 0.444. The number of rotatable bonds is 1. The highest BCUT2D eigenvalue weighted by Gasteiger charge is 2.44. The molecule has 2 amide bonds. The van der Waals surface area contributed by atoms with Gasteiger partial charge in [0.25, 0.3) is 0 Å². The zero-order valence-corrected chi connectivity index (χ0v) is 13.5. The molecule has 1 atom stereocenters. The lowest BCUT2D eigenvalue weighted by atomic mass is 10.0. The van der Waals surface area contributed by atoms with Crippen molar-refractivity contribution >= 4 is 6.03 Å². The Balaban J connectivity index is 1.78. The second-order valence-electron chi connectivity index (χ2n) is 6.44. The summed E-state index contributed by atoms with van der Waals surface area (Å²) in [6.07, 6.45) is 0. The van der Waals surface area contributed by atoms with Gasteiger partial charge in [0.1, 0.15) is 5.54 Å². The lowest BCUT2D eigenvalue weighted by Crippen LogP contribution is -2.50. The first kappa shape index (κ1) is 15.4. The van der Waals surface area contributed by atoms with Gasteiger partial charge in [-0.1, -0.05) is 11.8 Å². The van der Waals surface area contributed by atoms with Gasteiger partial charge in [0, 0.05) is 31.7 Å². The molecule has 5 heteroatoms. The molecule has 0 aliphatic carbocycles. The molecule has 0 unspecified atom stereocenters. The van der Waals surface area contributed by atoms with E-state index in [4.69, 9.17) is 5.26 Å². The van der Waals surface area contributed by atoms with Crippen molar-refractivity contribution in [3.63, 3.8) is 0 Å². The molecule has 1 aromatic rings. The Kier molecular flexibility index (Phi) is 3.98. The van der Waals surface area contributed by atoms with Crippen LogP contribution in [0.5, 0.6) is 0 Å². The molecule has 1 aromatic carbocycles. The second kappa shape index (κ2) is 5.95. The Morgan fingerprint density at radius 2 is 1.96 bits per heavy atom. The Morgan fingerprint density at radius 3 is 2.61 bits per heavy atom. The largest absolute Gasteiger partial charge is 0.321 e. The van der Waals surface area contributed by atoms with Crippen LogP contribution in [0.1, 0.15) is 25.0 Å². The number of carbonyl (C=O) groups is 1. The van der Waals surface area contributed by atoms with Gasteiger partial charge in [-0.15, -0.1) is 0 Å². The minimum absolute atomic E-state index is 0.0793. The van der Waals surface area contributed by atoms with E-state index in [2.05, 4.69) is 23.2 Å². The number of hydrogen-bond acceptors (Lipinski definition) is 3. The highest BCUT2D eigenvalue weighted by atomic mass is 16.2. The lowest BCUT2D eigenvalue weighted by molar-refractivity contribution is 0.164. The molecular weight excluding hydrogens is 288 g/mol. The van der Waals surface area contributed by atoms with Crippen molar-refractivity contribution in [2.75, 3.05) is 26.2 Å². The predicted molar refractivity (Wildman–Crippen MR) is 87.6 cm³/mol. The zero-order valence-electron chi connectivity index (χ0n) is 13.5. The van der Waals surface area contributed by atoms with E-state index in [0.29, 0.717) is 12.1 Å². The number of nitrogens with zero attached hydrogens (tertiary/aromatic N) is 3. The maximum absolute atomic E-state index is 12.6. The van der Waals surface area contributed by atoms with Crippen LogP contribution in [-0.4, -0.2) is 53.6 Å². The summed E-state index contributed by atoms with van der Waals surface area (Å²) in [5, 5.41) is 12.2. The Bertz CT molecular complexity index is 705. The molecule has 1 N–H and O–H groups in total. The number of hydrogen-bond donors (Lipinski definition) is 1. The van der Waals surface area contributed by atoms with Gasteiger partial charge in [0.2, 0.25) is 0 Å². The van der Waals surface area contributed by atoms with Crippen LogP contribution < -0.4 is 5.32 Å². The summed E-state index contributed by atoms with van der Waals surface area (Å²) in [5.41, 5.74) is 0.944. The molecular formula is C18H20N4O. The highest BCUT2D eigenvalue weighted by Crippen LogP contribution is 2.25. The molecule has 0 bridgehead atoms. The smallest absolute Gasteiger partial charge is 0.317 e. The summed E-state index contributed by atoms with van der Waals surface area (Å²) in [7, 11) is 0. The summed E-state index contributed by atoms with van der Waals surface area (Å²) in [5.74, 6) is 6.35. The maximum Gasteiger partial charge on any atom is 0.321 e. The minimum Gasteiger partial charge on any atom is -0.317 e. The Morgan fingerprint density at radius 1 is 1.26 bits per heavy atom. The fourth-order valence-corrected chi connectivity index (χ4v) is 3.01. The molecule has 2 aliphatic heterocycles. The van der Waals surface area contributed by atoms with Crippen molar-refractivity contribution in [1.82, 2.24) is 15.1 Å². The van der Waals surface area contributed by atoms with Gasteiger partial charge in [0.15, 0.2) is 0 Å². The summed E-state index contributed by atoms with van der Waals surface area (Å²) in [4.78, 5) is 16.4. The average molecular weight is 308 g/mol. The van der Waals surface area contributed by atoms with Crippen molar-refractivity contribution in [3.05, 3.63) is 35.4 Å². The highest BCUT2D eigenvalue weighted by molar-refractivity contribution is 5.79. The first-order valence-electron chi connectivity index (χ1n) is 7.83. The molecule has 5 nitrogen and oxygen atoms in total. The van der Waals surface area contributed by atoms with Crippen molar-refractivity contribution < 1.29 is 4.79 Å². The molecule has 3 rings (SSSR count). The zero-order chi connectivity index (χ0) is 16.4. The monoisotopic (exact) mass is 308 g/mol. The first-order valence-corrected chi connectivity index (χ1v) is 7.83. The number of fused-ring (bicyclic) bond motifs is 1. The lowest BCUT2D eigenvalue weighted by Gasteiger charge is -2.30. The molecule has 0 aromatic heterocycles. The number of nitriles is 1. The van der Waals surface area contributed by atoms with Crippen LogP contribution >= 0.6 is 0 Å². The van der Waals surface area contributed by atoms with Gasteiger partial charge in [-0.25, -0.2) is 4.79 Å². The molecule has 2 heterocycles. The van der Waals surface area contributed by atoms with Crippen molar-refractivity contribution in [2.45, 2.75) is 25.4 Å². The van der Waals surface area contributed by atoms with E-state index in [-0.39, 0.29) is 12.1 Å². The van der Waals surface area contributed by atoms with Crippen LogP contribution in [0, 0.1) is 23.2 Å². The van der Waals surface area contributed by atoms with Gasteiger partial charge in [0.05, 0.1) is 17.7 Å². The molecule has 2 saturated heterocycles. The van der Waals surface area contributed by atoms with E-state index in [9.17, 15) is 4.79 Å². The van der Waals surface area contributed by atoms with Gasteiger partial charge in [-0.05, 0) is 38.1 Å². The third-order valence-electron chi connectivity index (χ3n) is 4.42. The number of benzene rings is 1. The number of piperazine rings is 1. The topological polar surface area (TPSA) is 59.4 Å². The van der Waals surface area contributed by atoms with E-state index in [1.54, 1.807) is 12.1 Å². The van der Waals surface area contributed by atoms with Gasteiger partial charge in [-0.3, -0.25) is 0 Å². The Hall–Kier alpha value is -2.50. The standard InChI is InChI=1S/C18H20N4O/c1-18(2,8-7-14-3-5-15(11-19)6-4-14)22-13-16-12-20-9-10-21(16)17(22)23/h3-6,16,20H,9-10,12-13H2,1-2H3/t16-/m0/s1. The van der Waals surface area contributed by atoms with Crippen LogP contribution in [0.25, 0.3) is 0 Å². The summed E-state index contributed by atoms with van der Waals surface area (Å²) >= 11 is 0. The summed E-state index contributed by atoms with van der Waals surface area (Å²) < 4.78 is 0. The summed E-state index contributed by atoms with van der Waals surface area (Å²) in [6, 6.07) is 9.59. The van der Waals surface area contributed by atoms with Crippen LogP contribution in [0.15, 0.2) is 24.3 Å². The number of amides is 2. The van der Waals surface area contributed by atoms with Gasteiger partial charge in [-0.2, -0.15) is 5.26 Å². The number of nitrogens with one attached hydrogen (secondary N) is 1. The molecule has 23 heavy (non-hydrogen) atoms. The Labute approximate surface area is 136 Å². The average Bonchev–Trinajstić information content (AvgIpc) is 2.92. The van der Waals surface area contributed by atoms with Crippen molar-refractivity contribution in [3.8, 4) is 17.9 Å². The van der Waals surface area contributed by atoms with Crippen LogP contribution in [0.3, 0.4) is 0 Å². The van der Waals surface area contributed by atoms with E-state index in [0.717, 1.165) is 25.2 Å². The van der Waals surface area contributed by atoms with Gasteiger partial charge < -0.3 is 15.1 Å². The van der Waals surface area contributed by atoms with E-state index in [1.807, 2.05) is 35.8 Å². The molecule has 0 saturated carbocycles. The molecule has 0 spiro atoms. The van der Waals surface area contributed by atoms with Crippen molar-refractivity contribution in [2.24, 2.45) is 0 Å². The second-order valence-corrected chi connectivity index (χ2v) is 6.44. The van der Waals surface area contributed by atoms with Crippen LogP contribution in [0.4, 0.5) is 4.79 Å². The normalized spacial score (nSPS) is 20.6. The van der Waals surface area contributed by atoms with Crippen LogP contribution in [-0.2, 0) is 0 Å². The minimum atomic E-state index is -0.525. The summed E-state index contributed by atoms with van der Waals surface area (Å²) in [6.45, 7) is 7.13. The maximum atomic E-state index is 12.6. The quantitative estimate of drug-likeness (QED) is 0.798.